The van der Waals surface area contributed by atoms with E-state index >= 15 is 0 Å². The molecule has 1 heterocycles. The smallest absolute Gasteiger partial charge is 0.269 e. The molecule has 0 fully saturated rings. The maximum Gasteiger partial charge on any atom is 0.269 e. The topological polar surface area (TPSA) is 51.2 Å². The molecule has 0 saturated carbocycles. The Morgan fingerprint density at radius 2 is 2.11 bits per heavy atom. The molecule has 1 aromatic carbocycles. The lowest BCUT2D eigenvalue weighted by atomic mass is 10.3. The maximum atomic E-state index is 13.2. The molecule has 0 spiro atoms. The standard InChI is InChI=1S/C13H10BrFN2O2/c1-16-13(18)12-7-10(2-3-17-12)19-11-5-8(14)4-9(15)6-11/h2-7H,1H3,(H,16,18). The van der Waals surface area contributed by atoms with Gasteiger partial charge in [0.1, 0.15) is 23.0 Å². The number of hydrogen-bond donors (Lipinski definition) is 1. The highest BCUT2D eigenvalue weighted by atomic mass is 79.9. The molecule has 1 amide bonds. The Hall–Kier alpha value is -1.95. The summed E-state index contributed by atoms with van der Waals surface area (Å²) in [6.07, 6.45) is 1.45. The monoisotopic (exact) mass is 324 g/mol. The first kappa shape index (κ1) is 13.5. The Labute approximate surface area is 117 Å². The van der Waals surface area contributed by atoms with E-state index in [-0.39, 0.29) is 11.6 Å². The Kier molecular flexibility index (Phi) is 4.11. The summed E-state index contributed by atoms with van der Waals surface area (Å²) in [7, 11) is 1.52. The Balaban J connectivity index is 2.25. The average Bonchev–Trinajstić information content (AvgIpc) is 2.37. The molecular weight excluding hydrogens is 315 g/mol. The van der Waals surface area contributed by atoms with Gasteiger partial charge in [0.2, 0.25) is 0 Å². The number of pyridine rings is 1. The number of nitrogens with zero attached hydrogens (tertiary/aromatic N) is 1. The van der Waals surface area contributed by atoms with Crippen LogP contribution >= 0.6 is 15.9 Å². The normalized spacial score (nSPS) is 10.1. The first-order chi connectivity index (χ1) is 9.08. The predicted molar refractivity (Wildman–Crippen MR) is 71.8 cm³/mol. The van der Waals surface area contributed by atoms with Crippen molar-refractivity contribution in [2.45, 2.75) is 0 Å². The number of ether oxygens (including phenoxy) is 1. The Bertz CT molecular complexity index is 599. The molecule has 0 atom stereocenters. The van der Waals surface area contributed by atoms with Gasteiger partial charge in [0.15, 0.2) is 0 Å². The number of rotatable bonds is 3. The van der Waals surface area contributed by atoms with Gasteiger partial charge in [-0.15, -0.1) is 0 Å². The lowest BCUT2D eigenvalue weighted by Crippen LogP contribution is -2.18. The van der Waals surface area contributed by atoms with Crippen LogP contribution in [-0.2, 0) is 0 Å². The second-order valence-electron chi connectivity index (χ2n) is 3.66. The zero-order chi connectivity index (χ0) is 13.8. The zero-order valence-electron chi connectivity index (χ0n) is 9.98. The SMILES string of the molecule is CNC(=O)c1cc(Oc2cc(F)cc(Br)c2)ccn1. The number of nitrogens with one attached hydrogen (secondary N) is 1. The molecule has 0 radical (unpaired) electrons. The Morgan fingerprint density at radius 3 is 2.79 bits per heavy atom. The van der Waals surface area contributed by atoms with Crippen LogP contribution in [0.1, 0.15) is 10.5 Å². The third-order valence-corrected chi connectivity index (χ3v) is 2.72. The van der Waals surface area contributed by atoms with E-state index in [1.54, 1.807) is 12.1 Å². The fourth-order valence-corrected chi connectivity index (χ4v) is 1.89. The van der Waals surface area contributed by atoms with Gasteiger partial charge in [-0.2, -0.15) is 0 Å². The van der Waals surface area contributed by atoms with Gasteiger partial charge in [-0.25, -0.2) is 4.39 Å². The predicted octanol–water partition coefficient (Wildman–Crippen LogP) is 3.14. The van der Waals surface area contributed by atoms with Crippen molar-refractivity contribution >= 4 is 21.8 Å². The van der Waals surface area contributed by atoms with Gasteiger partial charge in [0, 0.05) is 29.8 Å². The minimum Gasteiger partial charge on any atom is -0.457 e. The van der Waals surface area contributed by atoms with Crippen molar-refractivity contribution in [2.75, 3.05) is 7.05 Å². The number of carbonyl (C=O) groups excluding carboxylic acids is 1. The number of hydrogen-bond acceptors (Lipinski definition) is 3. The quantitative estimate of drug-likeness (QED) is 0.943. The summed E-state index contributed by atoms with van der Waals surface area (Å²) >= 11 is 3.18. The van der Waals surface area contributed by atoms with Crippen LogP contribution in [0.5, 0.6) is 11.5 Å². The molecule has 1 aromatic heterocycles. The third-order valence-electron chi connectivity index (χ3n) is 2.26. The highest BCUT2D eigenvalue weighted by molar-refractivity contribution is 9.10. The molecule has 4 nitrogen and oxygen atoms in total. The fraction of sp³-hybridized carbons (Fsp3) is 0.0769. The molecule has 19 heavy (non-hydrogen) atoms. The van der Waals surface area contributed by atoms with E-state index in [9.17, 15) is 9.18 Å². The molecule has 0 unspecified atom stereocenters. The van der Waals surface area contributed by atoms with Crippen molar-refractivity contribution in [3.63, 3.8) is 0 Å². The van der Waals surface area contributed by atoms with Crippen LogP contribution in [0.4, 0.5) is 4.39 Å². The number of aromatic nitrogens is 1. The van der Waals surface area contributed by atoms with Crippen molar-refractivity contribution in [1.82, 2.24) is 10.3 Å². The summed E-state index contributed by atoms with van der Waals surface area (Å²) in [5.74, 6) is 0.0165. The van der Waals surface area contributed by atoms with Crippen LogP contribution in [0, 0.1) is 5.82 Å². The van der Waals surface area contributed by atoms with Crippen LogP contribution in [-0.4, -0.2) is 17.9 Å². The molecular formula is C13H10BrFN2O2. The first-order valence-electron chi connectivity index (χ1n) is 5.40. The maximum absolute atomic E-state index is 13.2. The number of benzene rings is 1. The zero-order valence-corrected chi connectivity index (χ0v) is 11.6. The molecule has 6 heteroatoms. The van der Waals surface area contributed by atoms with Gasteiger partial charge in [0.05, 0.1) is 0 Å². The van der Waals surface area contributed by atoms with E-state index < -0.39 is 5.82 Å². The van der Waals surface area contributed by atoms with Crippen LogP contribution in [0.15, 0.2) is 41.0 Å². The van der Waals surface area contributed by atoms with E-state index in [4.69, 9.17) is 4.74 Å². The molecule has 0 aliphatic carbocycles. The van der Waals surface area contributed by atoms with E-state index in [0.717, 1.165) is 0 Å². The fourth-order valence-electron chi connectivity index (χ4n) is 1.45. The van der Waals surface area contributed by atoms with Crippen molar-refractivity contribution in [2.24, 2.45) is 0 Å². The molecule has 2 aromatic rings. The van der Waals surface area contributed by atoms with Gasteiger partial charge in [0.25, 0.3) is 5.91 Å². The Morgan fingerprint density at radius 1 is 1.32 bits per heavy atom. The van der Waals surface area contributed by atoms with Crippen molar-refractivity contribution in [3.8, 4) is 11.5 Å². The molecule has 0 aliphatic heterocycles. The highest BCUT2D eigenvalue weighted by Gasteiger charge is 2.07. The second-order valence-corrected chi connectivity index (χ2v) is 4.58. The summed E-state index contributed by atoms with van der Waals surface area (Å²) in [5.41, 5.74) is 0.232. The van der Waals surface area contributed by atoms with Gasteiger partial charge in [-0.1, -0.05) is 15.9 Å². The van der Waals surface area contributed by atoms with Gasteiger partial charge in [-0.3, -0.25) is 9.78 Å². The van der Waals surface area contributed by atoms with Gasteiger partial charge >= 0.3 is 0 Å². The number of amides is 1. The average molecular weight is 325 g/mol. The third kappa shape index (κ3) is 3.51. The summed E-state index contributed by atoms with van der Waals surface area (Å²) < 4.78 is 19.3. The second kappa shape index (κ2) is 5.79. The van der Waals surface area contributed by atoms with Gasteiger partial charge in [-0.05, 0) is 18.2 Å². The summed E-state index contributed by atoms with van der Waals surface area (Å²) in [6.45, 7) is 0. The molecule has 2 rings (SSSR count). The minimum absolute atomic E-state index is 0.232. The summed E-state index contributed by atoms with van der Waals surface area (Å²) in [6, 6.07) is 7.28. The van der Waals surface area contributed by atoms with Gasteiger partial charge < -0.3 is 10.1 Å². The molecule has 0 saturated heterocycles. The van der Waals surface area contributed by atoms with Crippen molar-refractivity contribution in [3.05, 3.63) is 52.5 Å². The van der Waals surface area contributed by atoms with Crippen LogP contribution in [0.2, 0.25) is 0 Å². The van der Waals surface area contributed by atoms with Crippen LogP contribution in [0.3, 0.4) is 0 Å². The summed E-state index contributed by atoms with van der Waals surface area (Å²) in [5, 5.41) is 2.47. The first-order valence-corrected chi connectivity index (χ1v) is 6.20. The van der Waals surface area contributed by atoms with Crippen LogP contribution < -0.4 is 10.1 Å². The van der Waals surface area contributed by atoms with Crippen LogP contribution in [0.25, 0.3) is 0 Å². The molecule has 0 bridgehead atoms. The van der Waals surface area contributed by atoms with E-state index in [1.807, 2.05) is 0 Å². The molecule has 98 valence electrons. The molecule has 1 N–H and O–H groups in total. The van der Waals surface area contributed by atoms with E-state index in [2.05, 4.69) is 26.2 Å². The van der Waals surface area contributed by atoms with E-state index in [0.29, 0.717) is 16.0 Å². The number of halogens is 2. The highest BCUT2D eigenvalue weighted by Crippen LogP contribution is 2.25. The molecule has 0 aliphatic rings. The lowest BCUT2D eigenvalue weighted by Gasteiger charge is -2.07. The van der Waals surface area contributed by atoms with E-state index in [1.165, 1.54) is 31.4 Å². The lowest BCUT2D eigenvalue weighted by molar-refractivity contribution is 0.0958. The van der Waals surface area contributed by atoms with Crippen molar-refractivity contribution in [1.29, 1.82) is 0 Å². The number of carbonyl (C=O) groups is 1. The van der Waals surface area contributed by atoms with Crippen molar-refractivity contribution < 1.29 is 13.9 Å². The largest absolute Gasteiger partial charge is 0.457 e. The summed E-state index contributed by atoms with van der Waals surface area (Å²) in [4.78, 5) is 15.3. The minimum atomic E-state index is -0.412.